The van der Waals surface area contributed by atoms with Crippen LogP contribution in [0.4, 0.5) is 14.9 Å². The number of likely N-dealkylation sites (N-methyl/N-ethyl adjacent to an activating group) is 1. The van der Waals surface area contributed by atoms with E-state index in [9.17, 15) is 14.0 Å². The highest BCUT2D eigenvalue weighted by molar-refractivity contribution is 5.96. The molecule has 1 saturated heterocycles. The fourth-order valence-electron chi connectivity index (χ4n) is 2.75. The Labute approximate surface area is 142 Å². The predicted molar refractivity (Wildman–Crippen MR) is 91.5 cm³/mol. The van der Waals surface area contributed by atoms with Crippen LogP contribution in [0.15, 0.2) is 24.3 Å². The molecule has 6 nitrogen and oxygen atoms in total. The van der Waals surface area contributed by atoms with E-state index in [-0.39, 0.29) is 24.2 Å². The van der Waals surface area contributed by atoms with Crippen LogP contribution in [-0.4, -0.2) is 67.6 Å². The zero-order valence-electron chi connectivity index (χ0n) is 14.3. The largest absolute Gasteiger partial charge is 0.353 e. The van der Waals surface area contributed by atoms with Crippen LogP contribution in [0.2, 0.25) is 0 Å². The number of carbonyl (C=O) groups is 2. The first-order valence-electron chi connectivity index (χ1n) is 8.36. The van der Waals surface area contributed by atoms with Crippen LogP contribution in [0.25, 0.3) is 0 Å². The number of benzene rings is 1. The van der Waals surface area contributed by atoms with Crippen LogP contribution in [-0.2, 0) is 4.79 Å². The van der Waals surface area contributed by atoms with Gasteiger partial charge in [-0.15, -0.1) is 0 Å². The van der Waals surface area contributed by atoms with Gasteiger partial charge in [0, 0.05) is 26.2 Å². The molecule has 132 valence electrons. The minimum absolute atomic E-state index is 0.00202. The van der Waals surface area contributed by atoms with E-state index in [1.54, 1.807) is 18.2 Å². The highest BCUT2D eigenvalue weighted by Crippen LogP contribution is 2.23. The van der Waals surface area contributed by atoms with Gasteiger partial charge in [0.25, 0.3) is 0 Å². The van der Waals surface area contributed by atoms with E-state index >= 15 is 0 Å². The predicted octanol–water partition coefficient (Wildman–Crippen LogP) is 1.53. The first-order valence-corrected chi connectivity index (χ1v) is 8.36. The van der Waals surface area contributed by atoms with Crippen molar-refractivity contribution in [3.8, 4) is 0 Å². The normalized spacial score (nSPS) is 14.6. The summed E-state index contributed by atoms with van der Waals surface area (Å²) in [6.07, 6.45) is 0. The second-order valence-corrected chi connectivity index (χ2v) is 5.68. The zero-order valence-corrected chi connectivity index (χ0v) is 14.3. The van der Waals surface area contributed by atoms with Gasteiger partial charge in [-0.1, -0.05) is 26.0 Å². The van der Waals surface area contributed by atoms with E-state index in [1.165, 1.54) is 15.9 Å². The quantitative estimate of drug-likeness (QED) is 0.783. The Bertz CT molecular complexity index is 577. The molecule has 24 heavy (non-hydrogen) atoms. The van der Waals surface area contributed by atoms with Crippen molar-refractivity contribution in [1.82, 2.24) is 15.1 Å². The molecular formula is C17H25FN4O2. The standard InChI is InChI=1S/C17H25FN4O2/c1-3-20(4-2)10-9-19-16(23)13-21-11-12-22(17(21)24)15-8-6-5-7-14(15)18/h5-8H,3-4,9-13H2,1-2H3,(H,19,23). The number of hydrogen-bond acceptors (Lipinski definition) is 3. The SMILES string of the molecule is CCN(CC)CCNC(=O)CN1CCN(c2ccccc2F)C1=O. The Balaban J connectivity index is 1.83. The highest BCUT2D eigenvalue weighted by Gasteiger charge is 2.31. The molecule has 0 aliphatic carbocycles. The molecule has 0 bridgehead atoms. The van der Waals surface area contributed by atoms with Gasteiger partial charge >= 0.3 is 6.03 Å². The fourth-order valence-corrected chi connectivity index (χ4v) is 2.75. The van der Waals surface area contributed by atoms with Crippen molar-refractivity contribution in [2.75, 3.05) is 50.7 Å². The van der Waals surface area contributed by atoms with Gasteiger partial charge in [-0.25, -0.2) is 9.18 Å². The molecule has 1 aromatic rings. The van der Waals surface area contributed by atoms with Gasteiger partial charge in [-0.3, -0.25) is 9.69 Å². The van der Waals surface area contributed by atoms with Gasteiger partial charge in [0.15, 0.2) is 0 Å². The lowest BCUT2D eigenvalue weighted by Gasteiger charge is -2.20. The Morgan fingerprint density at radius 3 is 2.62 bits per heavy atom. The molecule has 1 aliphatic rings. The molecule has 7 heteroatoms. The zero-order chi connectivity index (χ0) is 17.5. The first kappa shape index (κ1) is 18.2. The van der Waals surface area contributed by atoms with E-state index < -0.39 is 5.82 Å². The lowest BCUT2D eigenvalue weighted by Crippen LogP contribution is -2.42. The molecule has 1 aromatic carbocycles. The average Bonchev–Trinajstić information content (AvgIpc) is 2.93. The molecule has 0 unspecified atom stereocenters. The summed E-state index contributed by atoms with van der Waals surface area (Å²) in [4.78, 5) is 29.4. The van der Waals surface area contributed by atoms with E-state index in [0.717, 1.165) is 19.6 Å². The third-order valence-corrected chi connectivity index (χ3v) is 4.22. The highest BCUT2D eigenvalue weighted by atomic mass is 19.1. The van der Waals surface area contributed by atoms with E-state index in [4.69, 9.17) is 0 Å². The van der Waals surface area contributed by atoms with Gasteiger partial charge in [-0.2, -0.15) is 0 Å². The maximum atomic E-state index is 13.8. The summed E-state index contributed by atoms with van der Waals surface area (Å²) in [5, 5.41) is 2.83. The number of anilines is 1. The lowest BCUT2D eigenvalue weighted by atomic mass is 10.3. The molecule has 1 fully saturated rings. The lowest BCUT2D eigenvalue weighted by molar-refractivity contribution is -0.121. The number of nitrogens with one attached hydrogen (secondary N) is 1. The number of carbonyl (C=O) groups excluding carboxylic acids is 2. The van der Waals surface area contributed by atoms with E-state index in [0.29, 0.717) is 19.6 Å². The molecule has 0 atom stereocenters. The van der Waals surface area contributed by atoms with Crippen molar-refractivity contribution in [2.24, 2.45) is 0 Å². The Kier molecular flexibility index (Phi) is 6.54. The summed E-state index contributed by atoms with van der Waals surface area (Å²) >= 11 is 0. The van der Waals surface area contributed by atoms with Crippen LogP contribution in [0.3, 0.4) is 0 Å². The average molecular weight is 336 g/mol. The molecule has 0 saturated carbocycles. The van der Waals surface area contributed by atoms with Gasteiger partial charge in [0.05, 0.1) is 5.69 Å². The third-order valence-electron chi connectivity index (χ3n) is 4.22. The Hall–Kier alpha value is -2.15. The van der Waals surface area contributed by atoms with E-state index in [2.05, 4.69) is 24.1 Å². The second-order valence-electron chi connectivity index (χ2n) is 5.68. The van der Waals surface area contributed by atoms with Crippen LogP contribution < -0.4 is 10.2 Å². The Morgan fingerprint density at radius 2 is 1.96 bits per heavy atom. The van der Waals surface area contributed by atoms with Gasteiger partial charge < -0.3 is 15.1 Å². The molecule has 1 aliphatic heterocycles. The van der Waals surface area contributed by atoms with Crippen molar-refractivity contribution < 1.29 is 14.0 Å². The summed E-state index contributed by atoms with van der Waals surface area (Å²) in [7, 11) is 0. The minimum Gasteiger partial charge on any atom is -0.353 e. The summed E-state index contributed by atoms with van der Waals surface area (Å²) in [6.45, 7) is 8.17. The molecule has 1 heterocycles. The molecule has 2 rings (SSSR count). The van der Waals surface area contributed by atoms with Crippen LogP contribution in [0, 0.1) is 5.82 Å². The number of amides is 3. The van der Waals surface area contributed by atoms with Crippen molar-refractivity contribution in [2.45, 2.75) is 13.8 Å². The summed E-state index contributed by atoms with van der Waals surface area (Å²) < 4.78 is 13.8. The third kappa shape index (κ3) is 4.44. The number of halogens is 1. The summed E-state index contributed by atoms with van der Waals surface area (Å²) in [5.74, 6) is -0.623. The molecule has 0 radical (unpaired) electrons. The number of urea groups is 1. The van der Waals surface area contributed by atoms with Crippen molar-refractivity contribution in [1.29, 1.82) is 0 Å². The maximum Gasteiger partial charge on any atom is 0.325 e. The van der Waals surface area contributed by atoms with Gasteiger partial charge in [0.2, 0.25) is 5.91 Å². The summed E-state index contributed by atoms with van der Waals surface area (Å²) in [5.41, 5.74) is 0.256. The molecule has 0 spiro atoms. The van der Waals surface area contributed by atoms with Crippen LogP contribution in [0.5, 0.6) is 0 Å². The van der Waals surface area contributed by atoms with E-state index in [1.807, 2.05) is 0 Å². The smallest absolute Gasteiger partial charge is 0.325 e. The van der Waals surface area contributed by atoms with Crippen LogP contribution in [0.1, 0.15) is 13.8 Å². The number of para-hydroxylation sites is 1. The number of rotatable bonds is 8. The van der Waals surface area contributed by atoms with Gasteiger partial charge in [-0.05, 0) is 25.2 Å². The van der Waals surface area contributed by atoms with Crippen molar-refractivity contribution in [3.63, 3.8) is 0 Å². The number of hydrogen-bond donors (Lipinski definition) is 1. The first-order chi connectivity index (χ1) is 11.6. The van der Waals surface area contributed by atoms with Crippen molar-refractivity contribution >= 4 is 17.6 Å². The van der Waals surface area contributed by atoms with Crippen LogP contribution >= 0.6 is 0 Å². The topological polar surface area (TPSA) is 55.9 Å². The monoisotopic (exact) mass is 336 g/mol. The fraction of sp³-hybridized carbons (Fsp3) is 0.529. The van der Waals surface area contributed by atoms with Gasteiger partial charge in [0.1, 0.15) is 12.4 Å². The molecule has 0 aromatic heterocycles. The van der Waals surface area contributed by atoms with Crippen molar-refractivity contribution in [3.05, 3.63) is 30.1 Å². The molecule has 1 N–H and O–H groups in total. The minimum atomic E-state index is -0.434. The number of nitrogens with zero attached hydrogens (tertiary/aromatic N) is 3. The maximum absolute atomic E-state index is 13.8. The Morgan fingerprint density at radius 1 is 1.25 bits per heavy atom. The molecule has 3 amide bonds. The molecular weight excluding hydrogens is 311 g/mol. The summed E-state index contributed by atoms with van der Waals surface area (Å²) in [6, 6.07) is 5.83. The second kappa shape index (κ2) is 8.63.